The van der Waals surface area contributed by atoms with Gasteiger partial charge in [-0.1, -0.05) is 19.1 Å². The number of hydrogen-bond acceptors (Lipinski definition) is 5. The van der Waals surface area contributed by atoms with Crippen LogP contribution in [0.5, 0.6) is 17.2 Å². The number of likely N-dealkylation sites (tertiary alicyclic amines) is 1. The first-order valence-corrected chi connectivity index (χ1v) is 9.40. The van der Waals surface area contributed by atoms with Crippen molar-refractivity contribution in [3.8, 4) is 17.2 Å². The van der Waals surface area contributed by atoms with E-state index in [0.29, 0.717) is 18.0 Å². The highest BCUT2D eigenvalue weighted by Crippen LogP contribution is 2.33. The third-order valence-electron chi connectivity index (χ3n) is 5.21. The number of methoxy groups -OCH3 is 1. The number of carbonyl (C=O) groups excluding carboxylic acids is 1. The number of phenols is 2. The third-order valence-corrected chi connectivity index (χ3v) is 5.21. The summed E-state index contributed by atoms with van der Waals surface area (Å²) in [6.45, 7) is 4.53. The van der Waals surface area contributed by atoms with Gasteiger partial charge in [0.05, 0.1) is 18.2 Å². The van der Waals surface area contributed by atoms with Crippen molar-refractivity contribution >= 4 is 5.78 Å². The van der Waals surface area contributed by atoms with Gasteiger partial charge in [0.15, 0.2) is 5.78 Å². The van der Waals surface area contributed by atoms with Crippen LogP contribution in [0.2, 0.25) is 0 Å². The van der Waals surface area contributed by atoms with Gasteiger partial charge in [-0.25, -0.2) is 0 Å². The SMILES string of the molecule is COc1ccc(CC(=O)c2ccc(O)c(CN3CCC[C@@H](C)C3)c2O)cc1. The fourth-order valence-electron chi connectivity index (χ4n) is 3.68. The number of carbonyl (C=O) groups is 1. The van der Waals surface area contributed by atoms with E-state index in [4.69, 9.17) is 4.74 Å². The molecule has 27 heavy (non-hydrogen) atoms. The second-order valence-electron chi connectivity index (χ2n) is 7.39. The number of benzene rings is 2. The largest absolute Gasteiger partial charge is 0.507 e. The van der Waals surface area contributed by atoms with E-state index in [1.165, 1.54) is 18.6 Å². The van der Waals surface area contributed by atoms with Crippen molar-refractivity contribution in [1.82, 2.24) is 4.90 Å². The summed E-state index contributed by atoms with van der Waals surface area (Å²) >= 11 is 0. The van der Waals surface area contributed by atoms with Crippen molar-refractivity contribution < 1.29 is 19.7 Å². The molecular formula is C22H27NO4. The van der Waals surface area contributed by atoms with Crippen LogP contribution in [0.1, 0.15) is 41.3 Å². The zero-order chi connectivity index (χ0) is 19.4. The van der Waals surface area contributed by atoms with Gasteiger partial charge in [-0.3, -0.25) is 9.69 Å². The van der Waals surface area contributed by atoms with Crippen molar-refractivity contribution in [1.29, 1.82) is 0 Å². The van der Waals surface area contributed by atoms with Crippen LogP contribution >= 0.6 is 0 Å². The topological polar surface area (TPSA) is 70.0 Å². The summed E-state index contributed by atoms with van der Waals surface area (Å²) in [5, 5.41) is 20.9. The summed E-state index contributed by atoms with van der Waals surface area (Å²) < 4.78 is 5.13. The number of nitrogens with zero attached hydrogens (tertiary/aromatic N) is 1. The standard InChI is InChI=1S/C22H27NO4/c1-15-4-3-11-23(13-15)14-19-20(24)10-9-18(22(19)26)21(25)12-16-5-7-17(27-2)8-6-16/h5-10,15,24,26H,3-4,11-14H2,1-2H3/t15-/m1/s1. The van der Waals surface area contributed by atoms with E-state index in [-0.39, 0.29) is 29.3 Å². The second-order valence-corrected chi connectivity index (χ2v) is 7.39. The quantitative estimate of drug-likeness (QED) is 0.759. The lowest BCUT2D eigenvalue weighted by Gasteiger charge is -2.31. The third kappa shape index (κ3) is 4.61. The van der Waals surface area contributed by atoms with E-state index < -0.39 is 0 Å². The molecule has 5 nitrogen and oxygen atoms in total. The molecule has 144 valence electrons. The molecule has 0 spiro atoms. The van der Waals surface area contributed by atoms with Gasteiger partial charge in [-0.05, 0) is 55.1 Å². The van der Waals surface area contributed by atoms with Crippen molar-refractivity contribution in [3.63, 3.8) is 0 Å². The Kier molecular flexibility index (Phi) is 6.01. The normalized spacial score (nSPS) is 17.6. The van der Waals surface area contributed by atoms with E-state index >= 15 is 0 Å². The Labute approximate surface area is 160 Å². The summed E-state index contributed by atoms with van der Waals surface area (Å²) in [6, 6.07) is 10.3. The lowest BCUT2D eigenvalue weighted by atomic mass is 9.97. The van der Waals surface area contributed by atoms with E-state index in [2.05, 4.69) is 11.8 Å². The number of piperidine rings is 1. The summed E-state index contributed by atoms with van der Waals surface area (Å²) in [5.41, 5.74) is 1.54. The minimum absolute atomic E-state index is 0.0340. The lowest BCUT2D eigenvalue weighted by Crippen LogP contribution is -2.33. The highest BCUT2D eigenvalue weighted by atomic mass is 16.5. The van der Waals surface area contributed by atoms with E-state index in [9.17, 15) is 15.0 Å². The molecule has 1 atom stereocenters. The minimum atomic E-state index is -0.175. The van der Waals surface area contributed by atoms with E-state index in [1.807, 2.05) is 24.3 Å². The van der Waals surface area contributed by atoms with Crippen molar-refractivity contribution in [3.05, 3.63) is 53.1 Å². The first-order chi connectivity index (χ1) is 13.0. The fraction of sp³-hybridized carbons (Fsp3) is 0.409. The Bertz CT molecular complexity index is 801. The van der Waals surface area contributed by atoms with Crippen molar-refractivity contribution in [2.75, 3.05) is 20.2 Å². The summed E-state index contributed by atoms with van der Waals surface area (Å²) in [5.74, 6) is 1.09. The number of Topliss-reactive ketones (excluding diaryl/α,β-unsaturated/α-hetero) is 1. The molecule has 1 aliphatic rings. The van der Waals surface area contributed by atoms with Crippen LogP contribution in [0.25, 0.3) is 0 Å². The zero-order valence-corrected chi connectivity index (χ0v) is 15.9. The number of ether oxygens (including phenoxy) is 1. The van der Waals surface area contributed by atoms with Crippen LogP contribution in [-0.4, -0.2) is 41.1 Å². The average Bonchev–Trinajstić information content (AvgIpc) is 2.65. The maximum Gasteiger partial charge on any atom is 0.170 e. The lowest BCUT2D eigenvalue weighted by molar-refractivity contribution is 0.0989. The van der Waals surface area contributed by atoms with Crippen LogP contribution < -0.4 is 4.74 Å². The highest BCUT2D eigenvalue weighted by molar-refractivity contribution is 6.00. The van der Waals surface area contributed by atoms with Crippen molar-refractivity contribution in [2.24, 2.45) is 5.92 Å². The molecule has 0 unspecified atom stereocenters. The summed E-state index contributed by atoms with van der Waals surface area (Å²) in [7, 11) is 1.60. The molecule has 0 aliphatic carbocycles. The van der Waals surface area contributed by atoms with Gasteiger partial charge in [-0.2, -0.15) is 0 Å². The molecule has 1 saturated heterocycles. The molecule has 1 aliphatic heterocycles. The Morgan fingerprint density at radius 3 is 2.59 bits per heavy atom. The molecule has 5 heteroatoms. The second kappa shape index (κ2) is 8.44. The Hall–Kier alpha value is -2.53. The molecular weight excluding hydrogens is 342 g/mol. The Morgan fingerprint density at radius 1 is 1.19 bits per heavy atom. The molecule has 0 amide bonds. The maximum absolute atomic E-state index is 12.7. The predicted octanol–water partition coefficient (Wildman–Crippen LogP) is 3.76. The number of aromatic hydroxyl groups is 2. The zero-order valence-electron chi connectivity index (χ0n) is 15.9. The Morgan fingerprint density at radius 2 is 1.93 bits per heavy atom. The van der Waals surface area contributed by atoms with E-state index in [0.717, 1.165) is 30.8 Å². The average molecular weight is 369 g/mol. The number of ketones is 1. The van der Waals surface area contributed by atoms with Gasteiger partial charge in [0.25, 0.3) is 0 Å². The molecule has 3 rings (SSSR count). The van der Waals surface area contributed by atoms with Crippen LogP contribution in [0.3, 0.4) is 0 Å². The molecule has 1 heterocycles. The number of rotatable bonds is 6. The predicted molar refractivity (Wildman–Crippen MR) is 104 cm³/mol. The van der Waals surface area contributed by atoms with Gasteiger partial charge in [-0.15, -0.1) is 0 Å². The highest BCUT2D eigenvalue weighted by Gasteiger charge is 2.22. The Balaban J connectivity index is 1.77. The van der Waals surface area contributed by atoms with Crippen LogP contribution in [0.4, 0.5) is 0 Å². The first kappa shape index (κ1) is 19.2. The van der Waals surface area contributed by atoms with Crippen LogP contribution in [0.15, 0.2) is 36.4 Å². The minimum Gasteiger partial charge on any atom is -0.507 e. The van der Waals surface area contributed by atoms with Crippen LogP contribution in [0, 0.1) is 5.92 Å². The van der Waals surface area contributed by atoms with Gasteiger partial charge < -0.3 is 14.9 Å². The summed E-state index contributed by atoms with van der Waals surface area (Å²) in [6.07, 6.45) is 2.50. The van der Waals surface area contributed by atoms with Crippen molar-refractivity contribution in [2.45, 2.75) is 32.7 Å². The number of hydrogen-bond donors (Lipinski definition) is 2. The molecule has 1 fully saturated rings. The molecule has 2 aromatic carbocycles. The molecule has 2 aromatic rings. The molecule has 0 aromatic heterocycles. The van der Waals surface area contributed by atoms with Gasteiger partial charge in [0.2, 0.25) is 0 Å². The van der Waals surface area contributed by atoms with E-state index in [1.54, 1.807) is 7.11 Å². The summed E-state index contributed by atoms with van der Waals surface area (Å²) in [4.78, 5) is 14.9. The molecule has 0 saturated carbocycles. The van der Waals surface area contributed by atoms with Gasteiger partial charge in [0.1, 0.15) is 17.2 Å². The first-order valence-electron chi connectivity index (χ1n) is 9.40. The maximum atomic E-state index is 12.7. The molecule has 0 radical (unpaired) electrons. The number of phenolic OH excluding ortho intramolecular Hbond substituents is 2. The smallest absolute Gasteiger partial charge is 0.170 e. The monoisotopic (exact) mass is 369 g/mol. The fourth-order valence-corrected chi connectivity index (χ4v) is 3.68. The van der Waals surface area contributed by atoms with Gasteiger partial charge >= 0.3 is 0 Å². The molecule has 2 N–H and O–H groups in total. The molecule has 0 bridgehead atoms. The van der Waals surface area contributed by atoms with Gasteiger partial charge in [0, 0.05) is 19.5 Å². The van der Waals surface area contributed by atoms with Crippen LogP contribution in [-0.2, 0) is 13.0 Å².